The van der Waals surface area contributed by atoms with Gasteiger partial charge in [0.15, 0.2) is 0 Å². The summed E-state index contributed by atoms with van der Waals surface area (Å²) in [6, 6.07) is 6.22. The van der Waals surface area contributed by atoms with Crippen LogP contribution in [0.25, 0.3) is 11.0 Å². The van der Waals surface area contributed by atoms with Gasteiger partial charge in [-0.25, -0.2) is 4.79 Å². The number of carbonyl (C=O) groups excluding carboxylic acids is 2. The van der Waals surface area contributed by atoms with Crippen molar-refractivity contribution in [1.29, 1.82) is 0 Å². The first-order chi connectivity index (χ1) is 14.4. The van der Waals surface area contributed by atoms with Crippen LogP contribution >= 0.6 is 0 Å². The summed E-state index contributed by atoms with van der Waals surface area (Å²) in [5, 5.41) is 2.34. The molecule has 2 aromatic rings. The maximum Gasteiger partial charge on any atom is 0.329 e. The Morgan fingerprint density at radius 1 is 1.13 bits per heavy atom. The average Bonchev–Trinajstić information content (AvgIpc) is 2.99. The van der Waals surface area contributed by atoms with E-state index in [0.29, 0.717) is 30.6 Å². The zero-order chi connectivity index (χ0) is 21.0. The number of rotatable bonds is 2. The number of piperidine rings is 2. The summed E-state index contributed by atoms with van der Waals surface area (Å²) in [7, 11) is 3.89. The number of piperazine rings is 1. The Morgan fingerprint density at radius 3 is 2.60 bits per heavy atom. The third-order valence-electron chi connectivity index (χ3n) is 6.78. The summed E-state index contributed by atoms with van der Waals surface area (Å²) in [5.74, 6) is 5.80. The molecule has 1 N–H and O–H groups in total. The SMILES string of the molecule is CN1C2CC1CN(CC#Cc1cccc3c1n(C)c(=O)n3C1CCC(=O)NC1=O)C2. The van der Waals surface area contributed by atoms with Gasteiger partial charge in [-0.05, 0) is 32.0 Å². The van der Waals surface area contributed by atoms with Crippen LogP contribution in [0.5, 0.6) is 0 Å². The van der Waals surface area contributed by atoms with Crippen molar-refractivity contribution in [1.82, 2.24) is 24.3 Å². The summed E-state index contributed by atoms with van der Waals surface area (Å²) in [6.45, 7) is 2.81. The van der Waals surface area contributed by atoms with Crippen molar-refractivity contribution in [2.75, 3.05) is 26.7 Å². The second kappa shape index (κ2) is 7.11. The van der Waals surface area contributed by atoms with E-state index in [1.807, 2.05) is 18.2 Å². The van der Waals surface area contributed by atoms with Crippen molar-refractivity contribution in [2.45, 2.75) is 37.4 Å². The second-order valence-electron chi connectivity index (χ2n) is 8.56. The molecule has 2 amide bonds. The number of aromatic nitrogens is 2. The summed E-state index contributed by atoms with van der Waals surface area (Å²) in [5.41, 5.74) is 1.90. The highest BCUT2D eigenvalue weighted by atomic mass is 16.2. The van der Waals surface area contributed by atoms with Crippen molar-refractivity contribution in [3.05, 3.63) is 34.2 Å². The lowest BCUT2D eigenvalue weighted by Crippen LogP contribution is -2.66. The van der Waals surface area contributed by atoms with Crippen molar-refractivity contribution in [2.24, 2.45) is 7.05 Å². The van der Waals surface area contributed by atoms with Gasteiger partial charge in [0, 0.05) is 38.6 Å². The Hall–Kier alpha value is -2.89. The van der Waals surface area contributed by atoms with Crippen LogP contribution in [0.2, 0.25) is 0 Å². The first-order valence-corrected chi connectivity index (χ1v) is 10.4. The number of fused-ring (bicyclic) bond motifs is 3. The number of para-hydroxylation sites is 1. The van der Waals surface area contributed by atoms with Gasteiger partial charge in [0.2, 0.25) is 11.8 Å². The molecule has 8 heteroatoms. The molecule has 4 aliphatic rings. The van der Waals surface area contributed by atoms with Crippen LogP contribution in [0.15, 0.2) is 23.0 Å². The maximum atomic E-state index is 13.0. The van der Waals surface area contributed by atoms with Crippen molar-refractivity contribution < 1.29 is 9.59 Å². The summed E-state index contributed by atoms with van der Waals surface area (Å²) < 4.78 is 3.05. The van der Waals surface area contributed by atoms with Crippen LogP contribution in [0.4, 0.5) is 0 Å². The molecule has 30 heavy (non-hydrogen) atoms. The average molecular weight is 407 g/mol. The molecule has 156 valence electrons. The predicted octanol–water partition coefficient (Wildman–Crippen LogP) is 0.0575. The molecule has 1 aromatic carbocycles. The van der Waals surface area contributed by atoms with Gasteiger partial charge in [-0.2, -0.15) is 0 Å². The largest absolute Gasteiger partial charge is 0.329 e. The fourth-order valence-electron chi connectivity index (χ4n) is 5.03. The molecule has 3 unspecified atom stereocenters. The number of carbonyl (C=O) groups is 2. The monoisotopic (exact) mass is 407 g/mol. The number of imide groups is 1. The molecule has 0 aliphatic carbocycles. The smallest absolute Gasteiger partial charge is 0.298 e. The molecule has 4 fully saturated rings. The topological polar surface area (TPSA) is 79.6 Å². The van der Waals surface area contributed by atoms with Gasteiger partial charge in [-0.15, -0.1) is 0 Å². The minimum absolute atomic E-state index is 0.228. The lowest BCUT2D eigenvalue weighted by atomic mass is 9.88. The van der Waals surface area contributed by atoms with Crippen molar-refractivity contribution in [3.8, 4) is 11.8 Å². The standard InChI is InChI=1S/C22H25N5O3/c1-24-15-11-16(24)13-26(12-15)10-4-6-14-5-3-7-17-20(14)25(2)22(30)27(17)18-8-9-19(28)23-21(18)29/h3,5,7,15-16,18H,8-13H2,1-2H3,(H,23,28,29). The Morgan fingerprint density at radius 2 is 1.90 bits per heavy atom. The minimum atomic E-state index is -0.681. The van der Waals surface area contributed by atoms with E-state index in [1.54, 1.807) is 11.6 Å². The molecular formula is C22H25N5O3. The quantitative estimate of drug-likeness (QED) is 0.563. The number of likely N-dealkylation sites (N-methyl/N-ethyl adjacent to an activating group) is 1. The normalized spacial score (nSPS) is 26.8. The van der Waals surface area contributed by atoms with Crippen LogP contribution in [0.1, 0.15) is 30.9 Å². The van der Waals surface area contributed by atoms with Crippen LogP contribution < -0.4 is 11.0 Å². The van der Waals surface area contributed by atoms with E-state index in [2.05, 4.69) is 34.0 Å². The van der Waals surface area contributed by atoms with E-state index in [4.69, 9.17) is 0 Å². The molecular weight excluding hydrogens is 382 g/mol. The zero-order valence-electron chi connectivity index (χ0n) is 17.2. The van der Waals surface area contributed by atoms with Crippen LogP contribution in [-0.2, 0) is 16.6 Å². The Labute approximate surface area is 174 Å². The second-order valence-corrected chi connectivity index (χ2v) is 8.56. The van der Waals surface area contributed by atoms with Gasteiger partial charge in [0.25, 0.3) is 0 Å². The highest BCUT2D eigenvalue weighted by Gasteiger charge is 2.41. The minimum Gasteiger partial charge on any atom is -0.298 e. The number of aryl methyl sites for hydroxylation is 1. The lowest BCUT2D eigenvalue weighted by Gasteiger charge is -2.54. The molecule has 1 aromatic heterocycles. The molecule has 6 rings (SSSR count). The zero-order valence-corrected chi connectivity index (χ0v) is 17.2. The maximum absolute atomic E-state index is 13.0. The number of hydrogen-bond donors (Lipinski definition) is 1. The number of hydrogen-bond acceptors (Lipinski definition) is 5. The molecule has 0 saturated carbocycles. The summed E-state index contributed by atoms with van der Waals surface area (Å²) >= 11 is 0. The fraction of sp³-hybridized carbons (Fsp3) is 0.500. The van der Waals surface area contributed by atoms with E-state index in [-0.39, 0.29) is 18.0 Å². The number of imidazole rings is 1. The van der Waals surface area contributed by atoms with Crippen LogP contribution in [0.3, 0.4) is 0 Å². The molecule has 2 bridgehead atoms. The Kier molecular flexibility index (Phi) is 4.53. The number of nitrogens with zero attached hydrogens (tertiary/aromatic N) is 4. The van der Waals surface area contributed by atoms with Crippen LogP contribution in [0, 0.1) is 11.8 Å². The highest BCUT2D eigenvalue weighted by molar-refractivity contribution is 6.00. The Bertz CT molecular complexity index is 1160. The third kappa shape index (κ3) is 2.97. The third-order valence-corrected chi connectivity index (χ3v) is 6.78. The van der Waals surface area contributed by atoms with Crippen molar-refractivity contribution >= 4 is 22.8 Å². The molecule has 4 aliphatic heterocycles. The first kappa shape index (κ1) is 19.1. The van der Waals surface area contributed by atoms with Crippen molar-refractivity contribution in [3.63, 3.8) is 0 Å². The molecule has 0 spiro atoms. The number of nitrogens with one attached hydrogen (secondary N) is 1. The Balaban J connectivity index is 1.44. The van der Waals surface area contributed by atoms with E-state index in [9.17, 15) is 14.4 Å². The predicted molar refractivity (Wildman–Crippen MR) is 112 cm³/mol. The summed E-state index contributed by atoms with van der Waals surface area (Å²) in [6.07, 6.45) is 1.84. The van der Waals surface area contributed by atoms with Gasteiger partial charge in [0.05, 0.1) is 23.1 Å². The molecule has 0 radical (unpaired) electrons. The molecule has 5 heterocycles. The number of amides is 2. The molecule has 4 saturated heterocycles. The van der Waals surface area contributed by atoms with E-state index in [1.165, 1.54) is 11.0 Å². The first-order valence-electron chi connectivity index (χ1n) is 10.4. The van der Waals surface area contributed by atoms with E-state index < -0.39 is 11.9 Å². The van der Waals surface area contributed by atoms with Crippen LogP contribution in [-0.4, -0.2) is 69.5 Å². The molecule has 3 atom stereocenters. The van der Waals surface area contributed by atoms with Gasteiger partial charge >= 0.3 is 5.69 Å². The van der Waals surface area contributed by atoms with Gasteiger partial charge < -0.3 is 0 Å². The van der Waals surface area contributed by atoms with Gasteiger partial charge in [-0.3, -0.25) is 33.8 Å². The van der Waals surface area contributed by atoms with E-state index >= 15 is 0 Å². The molecule has 8 nitrogen and oxygen atoms in total. The summed E-state index contributed by atoms with van der Waals surface area (Å²) in [4.78, 5) is 41.6. The van der Waals surface area contributed by atoms with Gasteiger partial charge in [0.1, 0.15) is 6.04 Å². The van der Waals surface area contributed by atoms with Gasteiger partial charge in [-0.1, -0.05) is 17.9 Å². The lowest BCUT2D eigenvalue weighted by molar-refractivity contribution is -0.135. The number of benzene rings is 1. The highest BCUT2D eigenvalue weighted by Crippen LogP contribution is 2.30. The fourth-order valence-corrected chi connectivity index (χ4v) is 5.03. The van der Waals surface area contributed by atoms with E-state index in [0.717, 1.165) is 24.2 Å².